The minimum atomic E-state index is -0.462. The number of hydrogen-bond donors (Lipinski definition) is 1. The third kappa shape index (κ3) is 4.22. The number of aromatic nitrogens is 3. The van der Waals surface area contributed by atoms with E-state index >= 15 is 0 Å². The van der Waals surface area contributed by atoms with Crippen LogP contribution in [0.2, 0.25) is 0 Å². The summed E-state index contributed by atoms with van der Waals surface area (Å²) in [5, 5.41) is 11.2. The van der Waals surface area contributed by atoms with Crippen molar-refractivity contribution in [3.63, 3.8) is 0 Å². The average Bonchev–Trinajstić information content (AvgIpc) is 2.99. The number of H-pyrrole nitrogens is 1. The topological polar surface area (TPSA) is 64.4 Å². The largest absolute Gasteiger partial charge is 0.494 e. The fourth-order valence-electron chi connectivity index (χ4n) is 2.59. The second-order valence-corrected chi connectivity index (χ2v) is 6.29. The number of benzene rings is 2. The monoisotopic (exact) mass is 386 g/mol. The van der Waals surface area contributed by atoms with Gasteiger partial charge in [0, 0.05) is 0 Å². The number of methoxy groups -OCH3 is 1. The number of aromatic amines is 1. The zero-order valence-electron chi connectivity index (χ0n) is 15.2. The van der Waals surface area contributed by atoms with Crippen molar-refractivity contribution in [1.82, 2.24) is 14.9 Å². The Morgan fingerprint density at radius 1 is 1.26 bits per heavy atom. The minimum Gasteiger partial charge on any atom is -0.494 e. The van der Waals surface area contributed by atoms with E-state index in [4.69, 9.17) is 21.7 Å². The number of halogens is 1. The van der Waals surface area contributed by atoms with Crippen molar-refractivity contribution in [2.24, 2.45) is 5.10 Å². The van der Waals surface area contributed by atoms with Gasteiger partial charge in [-0.1, -0.05) is 18.2 Å². The fraction of sp³-hybridized carbons (Fsp3) is 0.211. The second kappa shape index (κ2) is 8.13. The highest BCUT2D eigenvalue weighted by Crippen LogP contribution is 2.23. The molecule has 0 bridgehead atoms. The van der Waals surface area contributed by atoms with Gasteiger partial charge in [0.25, 0.3) is 0 Å². The summed E-state index contributed by atoms with van der Waals surface area (Å²) in [6.07, 6.45) is 1.50. The van der Waals surface area contributed by atoms with Gasteiger partial charge in [-0.05, 0) is 61.0 Å². The molecule has 27 heavy (non-hydrogen) atoms. The van der Waals surface area contributed by atoms with Crippen molar-refractivity contribution in [3.05, 3.63) is 69.5 Å². The van der Waals surface area contributed by atoms with Crippen molar-refractivity contribution in [3.8, 4) is 11.5 Å². The first-order valence-electron chi connectivity index (χ1n) is 8.23. The van der Waals surface area contributed by atoms with Gasteiger partial charge in [0.1, 0.15) is 12.4 Å². The summed E-state index contributed by atoms with van der Waals surface area (Å²) in [6, 6.07) is 10.5. The first-order chi connectivity index (χ1) is 13.0. The van der Waals surface area contributed by atoms with Crippen molar-refractivity contribution < 1.29 is 13.9 Å². The van der Waals surface area contributed by atoms with Crippen LogP contribution >= 0.6 is 12.2 Å². The highest BCUT2D eigenvalue weighted by molar-refractivity contribution is 7.71. The Kier molecular flexibility index (Phi) is 5.66. The van der Waals surface area contributed by atoms with E-state index in [1.807, 2.05) is 32.0 Å². The van der Waals surface area contributed by atoms with Crippen LogP contribution in [0.15, 0.2) is 41.5 Å². The number of ether oxygens (including phenoxy) is 2. The number of rotatable bonds is 6. The smallest absolute Gasteiger partial charge is 0.216 e. The normalized spacial score (nSPS) is 11.1. The maximum absolute atomic E-state index is 13.8. The average molecular weight is 386 g/mol. The molecule has 140 valence electrons. The van der Waals surface area contributed by atoms with Crippen LogP contribution in [0.4, 0.5) is 4.39 Å². The molecule has 0 fully saturated rings. The van der Waals surface area contributed by atoms with Gasteiger partial charge >= 0.3 is 0 Å². The summed E-state index contributed by atoms with van der Waals surface area (Å²) in [5.41, 5.74) is 2.64. The van der Waals surface area contributed by atoms with Gasteiger partial charge in [0.15, 0.2) is 17.4 Å². The summed E-state index contributed by atoms with van der Waals surface area (Å²) >= 11 is 5.22. The molecule has 0 saturated carbocycles. The van der Waals surface area contributed by atoms with E-state index in [1.165, 1.54) is 30.1 Å². The highest BCUT2D eigenvalue weighted by atomic mass is 32.1. The molecule has 0 saturated heterocycles. The van der Waals surface area contributed by atoms with Gasteiger partial charge in [0.05, 0.1) is 13.3 Å². The van der Waals surface area contributed by atoms with Gasteiger partial charge in [0.2, 0.25) is 4.77 Å². The lowest BCUT2D eigenvalue weighted by molar-refractivity contribution is 0.287. The van der Waals surface area contributed by atoms with Crippen molar-refractivity contribution in [2.75, 3.05) is 7.11 Å². The van der Waals surface area contributed by atoms with Crippen molar-refractivity contribution >= 4 is 18.4 Å². The van der Waals surface area contributed by atoms with Crippen LogP contribution in [-0.4, -0.2) is 28.2 Å². The number of para-hydroxylation sites is 1. The molecule has 0 aliphatic carbocycles. The van der Waals surface area contributed by atoms with Gasteiger partial charge < -0.3 is 9.47 Å². The molecule has 0 amide bonds. The second-order valence-electron chi connectivity index (χ2n) is 5.90. The first-order valence-corrected chi connectivity index (χ1v) is 8.63. The SMILES string of the molecule is COc1ccc(/C=N\n2c(COc3c(C)cccc3C)n[nH]c2=S)cc1F. The molecule has 3 rings (SSSR count). The standard InChI is InChI=1S/C19H19FN4O2S/c1-12-5-4-6-13(2)18(12)26-11-17-22-23-19(27)24(17)21-10-14-7-8-16(25-3)15(20)9-14/h4-10H,11H2,1-3H3,(H,23,27)/b21-10-. The molecular formula is C19H19FN4O2S. The van der Waals surface area contributed by atoms with Crippen LogP contribution in [-0.2, 0) is 6.61 Å². The van der Waals surface area contributed by atoms with E-state index in [2.05, 4.69) is 15.3 Å². The lowest BCUT2D eigenvalue weighted by Gasteiger charge is -2.11. The molecule has 2 aromatic carbocycles. The molecule has 0 atom stereocenters. The predicted molar refractivity (Wildman–Crippen MR) is 104 cm³/mol. The van der Waals surface area contributed by atoms with Crippen LogP contribution < -0.4 is 9.47 Å². The molecule has 3 aromatic rings. The molecule has 1 aromatic heterocycles. The molecule has 1 N–H and O–H groups in total. The van der Waals surface area contributed by atoms with E-state index < -0.39 is 5.82 Å². The number of nitrogens with one attached hydrogen (secondary N) is 1. The number of hydrogen-bond acceptors (Lipinski definition) is 5. The van der Waals surface area contributed by atoms with Crippen molar-refractivity contribution in [1.29, 1.82) is 0 Å². The summed E-state index contributed by atoms with van der Waals surface area (Å²) in [7, 11) is 1.42. The van der Waals surface area contributed by atoms with Crippen molar-refractivity contribution in [2.45, 2.75) is 20.5 Å². The molecule has 0 radical (unpaired) electrons. The third-order valence-corrected chi connectivity index (χ3v) is 4.23. The van der Waals surface area contributed by atoms with E-state index in [-0.39, 0.29) is 12.4 Å². The van der Waals surface area contributed by atoms with Crippen LogP contribution in [0.5, 0.6) is 11.5 Å². The van der Waals surface area contributed by atoms with E-state index in [1.54, 1.807) is 6.07 Å². The summed E-state index contributed by atoms with van der Waals surface area (Å²) in [5.74, 6) is 1.03. The molecule has 8 heteroatoms. The van der Waals surface area contributed by atoms with Gasteiger partial charge in [-0.15, -0.1) is 0 Å². The zero-order valence-corrected chi connectivity index (χ0v) is 16.0. The van der Waals surface area contributed by atoms with Gasteiger partial charge in [-0.3, -0.25) is 0 Å². The Balaban J connectivity index is 1.80. The molecule has 1 heterocycles. The third-order valence-electron chi connectivity index (χ3n) is 3.97. The van der Waals surface area contributed by atoms with E-state index in [0.717, 1.165) is 16.9 Å². The maximum Gasteiger partial charge on any atom is 0.216 e. The van der Waals surface area contributed by atoms with Crippen LogP contribution in [0.1, 0.15) is 22.5 Å². The fourth-order valence-corrected chi connectivity index (χ4v) is 2.79. The molecule has 0 aliphatic heterocycles. The quantitative estimate of drug-likeness (QED) is 0.510. The highest BCUT2D eigenvalue weighted by Gasteiger charge is 2.09. The Morgan fingerprint density at radius 2 is 2.00 bits per heavy atom. The maximum atomic E-state index is 13.8. The summed E-state index contributed by atoms with van der Waals surface area (Å²) in [4.78, 5) is 0. The van der Waals surface area contributed by atoms with Crippen LogP contribution in [0.3, 0.4) is 0 Å². The Hall–Kier alpha value is -3.00. The molecule has 0 aliphatic rings. The van der Waals surface area contributed by atoms with Crippen LogP contribution in [0.25, 0.3) is 0 Å². The Labute approximate surface area is 161 Å². The molecule has 6 nitrogen and oxygen atoms in total. The lowest BCUT2D eigenvalue weighted by Crippen LogP contribution is -2.05. The predicted octanol–water partition coefficient (Wildman–Crippen LogP) is 4.17. The van der Waals surface area contributed by atoms with Gasteiger partial charge in [-0.2, -0.15) is 14.9 Å². The Morgan fingerprint density at radius 3 is 2.67 bits per heavy atom. The minimum absolute atomic E-state index is 0.176. The van der Waals surface area contributed by atoms with E-state index in [9.17, 15) is 4.39 Å². The summed E-state index contributed by atoms with van der Waals surface area (Å²) < 4.78 is 26.4. The van der Waals surface area contributed by atoms with Gasteiger partial charge in [-0.25, -0.2) is 9.49 Å². The van der Waals surface area contributed by atoms with Crippen LogP contribution in [0, 0.1) is 24.4 Å². The lowest BCUT2D eigenvalue weighted by atomic mass is 10.1. The zero-order chi connectivity index (χ0) is 19.4. The number of nitrogens with zero attached hydrogens (tertiary/aromatic N) is 3. The molecular weight excluding hydrogens is 367 g/mol. The number of aryl methyl sites for hydroxylation is 2. The summed E-state index contributed by atoms with van der Waals surface area (Å²) in [6.45, 7) is 4.15. The Bertz CT molecular complexity index is 1020. The molecule has 0 spiro atoms. The molecule has 0 unspecified atom stereocenters. The first kappa shape index (κ1) is 18.8. The van der Waals surface area contributed by atoms with E-state index in [0.29, 0.717) is 16.2 Å².